The van der Waals surface area contributed by atoms with Crippen LogP contribution in [0.15, 0.2) is 47.5 Å². The highest BCUT2D eigenvalue weighted by Crippen LogP contribution is 2.29. The summed E-state index contributed by atoms with van der Waals surface area (Å²) in [5.41, 5.74) is 2.95. The van der Waals surface area contributed by atoms with Crippen molar-refractivity contribution in [2.24, 2.45) is 0 Å². The summed E-state index contributed by atoms with van der Waals surface area (Å²) >= 11 is 0. The first-order valence-electron chi connectivity index (χ1n) is 8.54. The first-order valence-corrected chi connectivity index (χ1v) is 8.54. The van der Waals surface area contributed by atoms with E-state index in [2.05, 4.69) is 0 Å². The zero-order valence-corrected chi connectivity index (χ0v) is 14.5. The molecule has 2 aromatic rings. The normalized spacial score (nSPS) is 17.3. The molecular weight excluding hydrogens is 344 g/mol. The number of phenolic OH excluding ortho intramolecular Hbond substituents is 2. The van der Waals surface area contributed by atoms with Crippen molar-refractivity contribution < 1.29 is 24.6 Å². The highest BCUT2D eigenvalue weighted by molar-refractivity contribution is 6.14. The van der Waals surface area contributed by atoms with Crippen LogP contribution in [0, 0.1) is 0 Å². The van der Waals surface area contributed by atoms with Crippen LogP contribution in [-0.4, -0.2) is 28.6 Å². The maximum Gasteiger partial charge on any atom is 0.185 e. The average Bonchev–Trinajstić information content (AvgIpc) is 2.67. The largest absolute Gasteiger partial charge is 0.507 e. The highest BCUT2D eigenvalue weighted by atomic mass is 16.3. The molecule has 0 spiro atoms. The van der Waals surface area contributed by atoms with Gasteiger partial charge in [0.1, 0.15) is 11.5 Å². The van der Waals surface area contributed by atoms with Crippen LogP contribution in [-0.2, 0) is 4.79 Å². The third-order valence-corrected chi connectivity index (χ3v) is 4.51. The molecule has 0 amide bonds. The lowest BCUT2D eigenvalue weighted by Crippen LogP contribution is -2.12. The summed E-state index contributed by atoms with van der Waals surface area (Å²) in [6.07, 6.45) is 6.67. The topological polar surface area (TPSA) is 91.7 Å². The van der Waals surface area contributed by atoms with Crippen LogP contribution in [0.2, 0.25) is 0 Å². The van der Waals surface area contributed by atoms with Crippen molar-refractivity contribution in [2.75, 3.05) is 0 Å². The van der Waals surface area contributed by atoms with Gasteiger partial charge < -0.3 is 10.2 Å². The van der Waals surface area contributed by atoms with Gasteiger partial charge in [0.2, 0.25) is 0 Å². The average molecular weight is 362 g/mol. The van der Waals surface area contributed by atoms with Gasteiger partial charge in [0.15, 0.2) is 18.4 Å². The third kappa shape index (κ3) is 4.03. The summed E-state index contributed by atoms with van der Waals surface area (Å²) in [6.45, 7) is 0. The van der Waals surface area contributed by atoms with Crippen molar-refractivity contribution in [3.8, 4) is 11.5 Å². The second kappa shape index (κ2) is 7.83. The van der Waals surface area contributed by atoms with Gasteiger partial charge in [0.25, 0.3) is 0 Å². The zero-order chi connectivity index (χ0) is 19.4. The minimum absolute atomic E-state index is 0.0808. The molecule has 0 bridgehead atoms. The quantitative estimate of drug-likeness (QED) is 0.635. The number of Topliss-reactive ketones (excluding diaryl/α,β-unsaturated/α-hetero) is 1. The van der Waals surface area contributed by atoms with Crippen LogP contribution < -0.4 is 0 Å². The Kier molecular flexibility index (Phi) is 5.31. The summed E-state index contributed by atoms with van der Waals surface area (Å²) < 4.78 is 0. The zero-order valence-electron chi connectivity index (χ0n) is 14.5. The predicted octanol–water partition coefficient (Wildman–Crippen LogP) is 3.94. The maximum absolute atomic E-state index is 12.8. The van der Waals surface area contributed by atoms with E-state index >= 15 is 0 Å². The summed E-state index contributed by atoms with van der Waals surface area (Å²) in [6, 6.07) is 9.23. The van der Waals surface area contributed by atoms with E-state index in [0.29, 0.717) is 47.7 Å². The molecule has 1 aliphatic carbocycles. The van der Waals surface area contributed by atoms with Crippen molar-refractivity contribution in [1.82, 2.24) is 0 Å². The molecule has 5 heteroatoms. The van der Waals surface area contributed by atoms with Crippen LogP contribution in [0.4, 0.5) is 0 Å². The first kappa shape index (κ1) is 18.3. The van der Waals surface area contributed by atoms with Crippen LogP contribution in [0.5, 0.6) is 11.5 Å². The molecule has 3 rings (SSSR count). The molecule has 5 nitrogen and oxygen atoms in total. The van der Waals surface area contributed by atoms with E-state index in [1.165, 1.54) is 24.3 Å². The lowest BCUT2D eigenvalue weighted by Gasteiger charge is -2.17. The number of hydrogen-bond donors (Lipinski definition) is 2. The van der Waals surface area contributed by atoms with Gasteiger partial charge in [-0.2, -0.15) is 0 Å². The fraction of sp³-hybridized carbons (Fsp3) is 0.136. The molecule has 0 aromatic heterocycles. The molecule has 2 N–H and O–H groups in total. The number of benzene rings is 2. The smallest absolute Gasteiger partial charge is 0.185 e. The minimum Gasteiger partial charge on any atom is -0.507 e. The molecule has 0 saturated heterocycles. The monoisotopic (exact) mass is 362 g/mol. The van der Waals surface area contributed by atoms with Crippen molar-refractivity contribution >= 4 is 30.5 Å². The second-order valence-corrected chi connectivity index (χ2v) is 6.39. The Hall–Kier alpha value is -3.47. The number of ketones is 1. The van der Waals surface area contributed by atoms with Gasteiger partial charge in [-0.3, -0.25) is 14.4 Å². The molecule has 1 aliphatic rings. The Bertz CT molecular complexity index is 905. The second-order valence-electron chi connectivity index (χ2n) is 6.39. The molecule has 0 radical (unpaired) electrons. The van der Waals surface area contributed by atoms with Crippen molar-refractivity contribution in [1.29, 1.82) is 0 Å². The Morgan fingerprint density at radius 1 is 0.741 bits per heavy atom. The summed E-state index contributed by atoms with van der Waals surface area (Å²) in [4.78, 5) is 34.7. The van der Waals surface area contributed by atoms with E-state index < -0.39 is 0 Å². The standard InChI is InChI=1S/C22H18O5/c23-12-18-10-14(4-6-20(18)25)8-16-2-1-3-17(22(16)27)9-15-5-7-21(26)19(11-15)13-24/h4-13,25-26H,1-3H2/b16-8+,17-9+. The molecule has 27 heavy (non-hydrogen) atoms. The number of rotatable bonds is 4. The number of aldehydes is 2. The first-order chi connectivity index (χ1) is 13.0. The van der Waals surface area contributed by atoms with Gasteiger partial charge in [0, 0.05) is 11.1 Å². The van der Waals surface area contributed by atoms with Crippen LogP contribution in [0.25, 0.3) is 12.2 Å². The summed E-state index contributed by atoms with van der Waals surface area (Å²) in [5.74, 6) is -0.273. The van der Waals surface area contributed by atoms with Gasteiger partial charge in [0.05, 0.1) is 11.1 Å². The summed E-state index contributed by atoms with van der Waals surface area (Å²) in [5, 5.41) is 19.2. The molecule has 1 fully saturated rings. The fourth-order valence-electron chi connectivity index (χ4n) is 3.09. The molecule has 0 unspecified atom stereocenters. The molecule has 136 valence electrons. The number of aromatic hydroxyl groups is 2. The fourth-order valence-corrected chi connectivity index (χ4v) is 3.09. The van der Waals surface area contributed by atoms with Crippen molar-refractivity contribution in [2.45, 2.75) is 19.3 Å². The van der Waals surface area contributed by atoms with Gasteiger partial charge >= 0.3 is 0 Å². The predicted molar refractivity (Wildman–Crippen MR) is 102 cm³/mol. The van der Waals surface area contributed by atoms with Crippen molar-refractivity contribution in [3.63, 3.8) is 0 Å². The number of phenols is 2. The lowest BCUT2D eigenvalue weighted by atomic mass is 9.86. The maximum atomic E-state index is 12.8. The van der Waals surface area contributed by atoms with Crippen LogP contribution in [0.1, 0.15) is 51.1 Å². The van der Waals surface area contributed by atoms with Crippen LogP contribution >= 0.6 is 0 Å². The highest BCUT2D eigenvalue weighted by Gasteiger charge is 2.20. The Balaban J connectivity index is 1.91. The number of carbonyl (C=O) groups is 3. The van der Waals surface area contributed by atoms with E-state index in [-0.39, 0.29) is 28.4 Å². The van der Waals surface area contributed by atoms with Gasteiger partial charge in [-0.25, -0.2) is 0 Å². The number of carbonyl (C=O) groups excluding carboxylic acids is 3. The Morgan fingerprint density at radius 2 is 1.19 bits per heavy atom. The van der Waals surface area contributed by atoms with Gasteiger partial charge in [-0.1, -0.05) is 12.1 Å². The van der Waals surface area contributed by atoms with E-state index in [1.54, 1.807) is 24.3 Å². The number of allylic oxidation sites excluding steroid dienone is 2. The van der Waals surface area contributed by atoms with E-state index in [4.69, 9.17) is 0 Å². The molecular formula is C22H18O5. The molecule has 2 aromatic carbocycles. The minimum atomic E-state index is -0.0963. The van der Waals surface area contributed by atoms with E-state index in [0.717, 1.165) is 6.42 Å². The summed E-state index contributed by atoms with van der Waals surface area (Å²) in [7, 11) is 0. The Labute approximate surface area is 156 Å². The van der Waals surface area contributed by atoms with E-state index in [9.17, 15) is 24.6 Å². The molecule has 1 saturated carbocycles. The Morgan fingerprint density at radius 3 is 1.59 bits per heavy atom. The van der Waals surface area contributed by atoms with Crippen molar-refractivity contribution in [3.05, 3.63) is 69.8 Å². The molecule has 0 heterocycles. The molecule has 0 aliphatic heterocycles. The van der Waals surface area contributed by atoms with Gasteiger partial charge in [-0.15, -0.1) is 0 Å². The van der Waals surface area contributed by atoms with Crippen LogP contribution in [0.3, 0.4) is 0 Å². The van der Waals surface area contributed by atoms with Gasteiger partial charge in [-0.05, 0) is 66.8 Å². The van der Waals surface area contributed by atoms with E-state index in [1.807, 2.05) is 0 Å². The lowest BCUT2D eigenvalue weighted by molar-refractivity contribution is -0.112. The number of hydrogen-bond acceptors (Lipinski definition) is 5. The molecule has 0 atom stereocenters. The SMILES string of the molecule is O=Cc1cc(/C=C2\CCC/C(=C\c3ccc(O)c(C=O)c3)C2=O)ccc1O. The third-order valence-electron chi connectivity index (χ3n) is 4.51.